The maximum absolute atomic E-state index is 11.1. The maximum atomic E-state index is 11.1. The highest BCUT2D eigenvalue weighted by atomic mass is 16.2. The molecule has 4 N–H and O–H groups in total. The molecule has 1 atom stereocenters. The second kappa shape index (κ2) is 5.06. The lowest BCUT2D eigenvalue weighted by atomic mass is 10.2. The third kappa shape index (κ3) is 4.30. The minimum Gasteiger partial charge on any atom is -0.351 e. The SMILES string of the molecule is C=C(C)C(=O)NC(C)C(=C)NC(N)=O. The fourth-order valence-electron chi connectivity index (χ4n) is 0.673. The molecule has 0 aromatic carbocycles. The molecule has 0 radical (unpaired) electrons. The number of hydrogen-bond donors (Lipinski definition) is 3. The van der Waals surface area contributed by atoms with Crippen molar-refractivity contribution in [3.8, 4) is 0 Å². The largest absolute Gasteiger partial charge is 0.351 e. The summed E-state index contributed by atoms with van der Waals surface area (Å²) in [6, 6.07) is -1.09. The average Bonchev–Trinajstić information content (AvgIpc) is 2.02. The Balaban J connectivity index is 4.14. The lowest BCUT2D eigenvalue weighted by molar-refractivity contribution is -0.117. The molecule has 3 amide bonds. The van der Waals surface area contributed by atoms with E-state index in [-0.39, 0.29) is 11.9 Å². The first-order valence-corrected chi connectivity index (χ1v) is 4.06. The van der Waals surface area contributed by atoms with E-state index >= 15 is 0 Å². The van der Waals surface area contributed by atoms with Gasteiger partial charge in [-0.25, -0.2) is 4.79 Å². The molecule has 5 nitrogen and oxygen atoms in total. The van der Waals surface area contributed by atoms with E-state index < -0.39 is 6.03 Å². The summed E-state index contributed by atoms with van der Waals surface area (Å²) in [4.78, 5) is 21.6. The minimum absolute atomic E-state index is 0.287. The van der Waals surface area contributed by atoms with E-state index in [0.717, 1.165) is 0 Å². The summed E-state index contributed by atoms with van der Waals surface area (Å²) in [5, 5.41) is 4.86. The average molecular weight is 197 g/mol. The number of urea groups is 1. The second-order valence-electron chi connectivity index (χ2n) is 2.99. The first kappa shape index (κ1) is 12.2. The number of nitrogens with one attached hydrogen (secondary N) is 2. The number of carbonyl (C=O) groups is 2. The molecule has 0 heterocycles. The number of nitrogens with two attached hydrogens (primary N) is 1. The van der Waals surface area contributed by atoms with Gasteiger partial charge in [0.15, 0.2) is 0 Å². The van der Waals surface area contributed by atoms with Gasteiger partial charge in [0.1, 0.15) is 0 Å². The maximum Gasteiger partial charge on any atom is 0.316 e. The van der Waals surface area contributed by atoms with Crippen molar-refractivity contribution in [2.75, 3.05) is 0 Å². The molecule has 0 aromatic heterocycles. The predicted octanol–water partition coefficient (Wildman–Crippen LogP) is 0.249. The van der Waals surface area contributed by atoms with Crippen molar-refractivity contribution in [3.63, 3.8) is 0 Å². The molecule has 0 aliphatic heterocycles. The highest BCUT2D eigenvalue weighted by Gasteiger charge is 2.11. The normalized spacial score (nSPS) is 11.3. The summed E-state index contributed by atoms with van der Waals surface area (Å²) in [7, 11) is 0. The minimum atomic E-state index is -0.702. The van der Waals surface area contributed by atoms with Gasteiger partial charge in [-0.15, -0.1) is 0 Å². The van der Waals surface area contributed by atoms with Crippen molar-refractivity contribution in [3.05, 3.63) is 24.4 Å². The molecular formula is C9H15N3O2. The summed E-state index contributed by atoms with van der Waals surface area (Å²) in [6.45, 7) is 10.3. The van der Waals surface area contributed by atoms with Crippen LogP contribution in [0.2, 0.25) is 0 Å². The molecule has 0 saturated carbocycles. The first-order valence-electron chi connectivity index (χ1n) is 4.06. The Morgan fingerprint density at radius 2 is 1.86 bits per heavy atom. The number of primary amides is 1. The fourth-order valence-corrected chi connectivity index (χ4v) is 0.673. The molecule has 0 aliphatic rings. The Labute approximate surface area is 83.0 Å². The Morgan fingerprint density at radius 3 is 2.21 bits per heavy atom. The predicted molar refractivity (Wildman–Crippen MR) is 54.3 cm³/mol. The Hall–Kier alpha value is -1.78. The number of amides is 3. The van der Waals surface area contributed by atoms with Gasteiger partial charge in [0.2, 0.25) is 5.91 Å². The van der Waals surface area contributed by atoms with E-state index in [0.29, 0.717) is 11.3 Å². The highest BCUT2D eigenvalue weighted by molar-refractivity contribution is 5.92. The lowest BCUT2D eigenvalue weighted by Gasteiger charge is -2.16. The van der Waals surface area contributed by atoms with Crippen molar-refractivity contribution < 1.29 is 9.59 Å². The van der Waals surface area contributed by atoms with Crippen LogP contribution in [0, 0.1) is 0 Å². The Morgan fingerprint density at radius 1 is 1.36 bits per heavy atom. The van der Waals surface area contributed by atoms with Gasteiger partial charge in [-0.1, -0.05) is 13.2 Å². The van der Waals surface area contributed by atoms with E-state index in [9.17, 15) is 9.59 Å². The molecule has 78 valence electrons. The molecule has 0 bridgehead atoms. The van der Waals surface area contributed by atoms with Crippen LogP contribution in [0.4, 0.5) is 4.79 Å². The van der Waals surface area contributed by atoms with Crippen LogP contribution in [0.15, 0.2) is 24.4 Å². The topological polar surface area (TPSA) is 84.2 Å². The van der Waals surface area contributed by atoms with Crippen LogP contribution in [0.3, 0.4) is 0 Å². The van der Waals surface area contributed by atoms with Crippen LogP contribution < -0.4 is 16.4 Å². The molecule has 0 spiro atoms. The summed E-state index contributed by atoms with van der Waals surface area (Å²) < 4.78 is 0. The van der Waals surface area contributed by atoms with Crippen molar-refractivity contribution >= 4 is 11.9 Å². The molecule has 0 fully saturated rings. The lowest BCUT2D eigenvalue weighted by Crippen LogP contribution is -2.41. The van der Waals surface area contributed by atoms with Crippen LogP contribution >= 0.6 is 0 Å². The van der Waals surface area contributed by atoms with Gasteiger partial charge in [-0.2, -0.15) is 0 Å². The van der Waals surface area contributed by atoms with Gasteiger partial charge >= 0.3 is 6.03 Å². The van der Waals surface area contributed by atoms with Crippen LogP contribution in [0.25, 0.3) is 0 Å². The monoisotopic (exact) mass is 197 g/mol. The number of rotatable bonds is 4. The first-order chi connectivity index (χ1) is 6.34. The fraction of sp³-hybridized carbons (Fsp3) is 0.333. The molecule has 0 aromatic rings. The van der Waals surface area contributed by atoms with Gasteiger partial charge in [0, 0.05) is 11.3 Å². The molecule has 5 heteroatoms. The highest BCUT2D eigenvalue weighted by Crippen LogP contribution is 1.96. The third-order valence-corrected chi connectivity index (χ3v) is 1.54. The van der Waals surface area contributed by atoms with E-state index in [1.165, 1.54) is 0 Å². The van der Waals surface area contributed by atoms with Crippen LogP contribution in [0.5, 0.6) is 0 Å². The zero-order valence-corrected chi connectivity index (χ0v) is 8.39. The van der Waals surface area contributed by atoms with Gasteiger partial charge in [0.25, 0.3) is 0 Å². The van der Waals surface area contributed by atoms with Crippen molar-refractivity contribution in [1.82, 2.24) is 10.6 Å². The second-order valence-corrected chi connectivity index (χ2v) is 2.99. The zero-order valence-electron chi connectivity index (χ0n) is 8.39. The van der Waals surface area contributed by atoms with E-state index in [1.54, 1.807) is 13.8 Å². The Bertz CT molecular complexity index is 284. The molecular weight excluding hydrogens is 182 g/mol. The summed E-state index contributed by atoms with van der Waals surface area (Å²) >= 11 is 0. The molecule has 14 heavy (non-hydrogen) atoms. The Kier molecular flexibility index (Phi) is 4.42. The molecule has 0 aliphatic carbocycles. The van der Waals surface area contributed by atoms with Crippen LogP contribution in [0.1, 0.15) is 13.8 Å². The molecule has 1 unspecified atom stereocenters. The summed E-state index contributed by atoms with van der Waals surface area (Å²) in [5.74, 6) is -0.287. The van der Waals surface area contributed by atoms with Gasteiger partial charge in [-0.3, -0.25) is 4.79 Å². The van der Waals surface area contributed by atoms with Gasteiger partial charge in [-0.05, 0) is 13.8 Å². The standard InChI is InChI=1S/C9H15N3O2/c1-5(2)8(13)11-6(3)7(4)12-9(10)14/h6H,1,4H2,2-3H3,(H,11,13)(H3,10,12,14). The van der Waals surface area contributed by atoms with Crippen LogP contribution in [-0.2, 0) is 4.79 Å². The van der Waals surface area contributed by atoms with Crippen molar-refractivity contribution in [1.29, 1.82) is 0 Å². The molecule has 0 rings (SSSR count). The van der Waals surface area contributed by atoms with E-state index in [2.05, 4.69) is 23.8 Å². The summed E-state index contributed by atoms with van der Waals surface area (Å²) in [5.41, 5.74) is 5.61. The third-order valence-electron chi connectivity index (χ3n) is 1.54. The van der Waals surface area contributed by atoms with Gasteiger partial charge < -0.3 is 16.4 Å². The summed E-state index contributed by atoms with van der Waals surface area (Å²) in [6.07, 6.45) is 0. The quantitative estimate of drug-likeness (QED) is 0.564. The van der Waals surface area contributed by atoms with Crippen molar-refractivity contribution in [2.45, 2.75) is 19.9 Å². The van der Waals surface area contributed by atoms with E-state index in [1.807, 2.05) is 0 Å². The number of carbonyl (C=O) groups excluding carboxylic acids is 2. The smallest absolute Gasteiger partial charge is 0.316 e. The number of hydrogen-bond acceptors (Lipinski definition) is 2. The van der Waals surface area contributed by atoms with Gasteiger partial charge in [0.05, 0.1) is 6.04 Å². The van der Waals surface area contributed by atoms with Crippen LogP contribution in [-0.4, -0.2) is 18.0 Å². The molecule has 0 saturated heterocycles. The van der Waals surface area contributed by atoms with Crippen molar-refractivity contribution in [2.24, 2.45) is 5.73 Å². The zero-order chi connectivity index (χ0) is 11.3. The van der Waals surface area contributed by atoms with E-state index in [4.69, 9.17) is 5.73 Å².